The van der Waals surface area contributed by atoms with E-state index in [0.717, 1.165) is 19.4 Å². The molecule has 1 aromatic heterocycles. The molecular formula is C18H23FN4O2. The zero-order valence-corrected chi connectivity index (χ0v) is 14.3. The predicted molar refractivity (Wildman–Crippen MR) is 91.3 cm³/mol. The van der Waals surface area contributed by atoms with Crippen molar-refractivity contribution in [3.8, 4) is 11.4 Å². The molecule has 7 heteroatoms. The minimum absolute atomic E-state index is 0.0545. The number of benzene rings is 1. The summed E-state index contributed by atoms with van der Waals surface area (Å²) in [5.74, 6) is 0.668. The van der Waals surface area contributed by atoms with Crippen molar-refractivity contribution in [1.82, 2.24) is 20.8 Å². The number of aromatic nitrogens is 2. The lowest BCUT2D eigenvalue weighted by Crippen LogP contribution is -2.51. The molecular weight excluding hydrogens is 323 g/mol. The zero-order valence-electron chi connectivity index (χ0n) is 14.3. The predicted octanol–water partition coefficient (Wildman–Crippen LogP) is 2.46. The molecule has 134 valence electrons. The summed E-state index contributed by atoms with van der Waals surface area (Å²) >= 11 is 0. The molecule has 0 bridgehead atoms. The largest absolute Gasteiger partial charge is 0.352 e. The van der Waals surface area contributed by atoms with Crippen LogP contribution in [0.25, 0.3) is 11.4 Å². The second-order valence-electron chi connectivity index (χ2n) is 6.43. The number of rotatable bonds is 6. The first-order valence-electron chi connectivity index (χ1n) is 8.73. The lowest BCUT2D eigenvalue weighted by Gasteiger charge is -2.30. The molecule has 0 spiro atoms. The van der Waals surface area contributed by atoms with Crippen LogP contribution in [0.1, 0.15) is 38.5 Å². The molecule has 2 atom stereocenters. The fourth-order valence-electron chi connectivity index (χ4n) is 2.99. The van der Waals surface area contributed by atoms with Gasteiger partial charge in [-0.05, 0) is 57.0 Å². The van der Waals surface area contributed by atoms with Crippen molar-refractivity contribution in [3.63, 3.8) is 0 Å². The van der Waals surface area contributed by atoms with Gasteiger partial charge in [0.2, 0.25) is 17.6 Å². The maximum Gasteiger partial charge on any atom is 0.226 e. The van der Waals surface area contributed by atoms with Crippen LogP contribution in [0, 0.1) is 5.82 Å². The number of carbonyl (C=O) groups is 1. The van der Waals surface area contributed by atoms with Crippen LogP contribution in [0.4, 0.5) is 4.39 Å². The van der Waals surface area contributed by atoms with E-state index in [0.29, 0.717) is 42.6 Å². The first-order chi connectivity index (χ1) is 12.1. The van der Waals surface area contributed by atoms with E-state index in [1.807, 2.05) is 0 Å². The van der Waals surface area contributed by atoms with E-state index in [-0.39, 0.29) is 17.8 Å². The highest BCUT2D eigenvalue weighted by atomic mass is 19.1. The lowest BCUT2D eigenvalue weighted by atomic mass is 9.99. The topological polar surface area (TPSA) is 80.0 Å². The van der Waals surface area contributed by atoms with E-state index in [2.05, 4.69) is 27.7 Å². The summed E-state index contributed by atoms with van der Waals surface area (Å²) in [4.78, 5) is 16.4. The van der Waals surface area contributed by atoms with Crippen molar-refractivity contribution in [3.05, 3.63) is 36.0 Å². The summed E-state index contributed by atoms with van der Waals surface area (Å²) in [6.45, 7) is 3.11. The molecule has 1 aliphatic heterocycles. The van der Waals surface area contributed by atoms with Gasteiger partial charge in [-0.15, -0.1) is 0 Å². The van der Waals surface area contributed by atoms with Crippen LogP contribution < -0.4 is 10.6 Å². The van der Waals surface area contributed by atoms with Gasteiger partial charge in [-0.1, -0.05) is 5.16 Å². The van der Waals surface area contributed by atoms with Gasteiger partial charge in [-0.2, -0.15) is 4.98 Å². The third-order valence-corrected chi connectivity index (χ3v) is 4.47. The van der Waals surface area contributed by atoms with Crippen LogP contribution in [-0.4, -0.2) is 34.7 Å². The molecule has 1 aliphatic rings. The fraction of sp³-hybridized carbons (Fsp3) is 0.500. The standard InChI is InChI=1S/C18H23FN4O2/c1-12-15(4-3-11-20-12)21-16(24)5-2-6-17-22-18(23-25-17)13-7-9-14(19)10-8-13/h7-10,12,15,20H,2-6,11H2,1H3,(H,21,24). The van der Waals surface area contributed by atoms with Crippen LogP contribution >= 0.6 is 0 Å². The summed E-state index contributed by atoms with van der Waals surface area (Å²) in [5.41, 5.74) is 0.702. The second-order valence-corrected chi connectivity index (χ2v) is 6.43. The molecule has 3 rings (SSSR count). The summed E-state index contributed by atoms with van der Waals surface area (Å²) in [6, 6.07) is 6.45. The maximum absolute atomic E-state index is 12.9. The maximum atomic E-state index is 12.9. The van der Waals surface area contributed by atoms with Gasteiger partial charge >= 0.3 is 0 Å². The molecule has 2 aromatic rings. The van der Waals surface area contributed by atoms with Crippen LogP contribution in [0.2, 0.25) is 0 Å². The lowest BCUT2D eigenvalue weighted by molar-refractivity contribution is -0.122. The number of hydrogen-bond acceptors (Lipinski definition) is 5. The van der Waals surface area contributed by atoms with Crippen molar-refractivity contribution in [2.45, 2.75) is 51.1 Å². The Morgan fingerprint density at radius 1 is 1.40 bits per heavy atom. The Morgan fingerprint density at radius 2 is 2.20 bits per heavy atom. The third-order valence-electron chi connectivity index (χ3n) is 4.47. The molecule has 25 heavy (non-hydrogen) atoms. The van der Waals surface area contributed by atoms with Crippen molar-refractivity contribution >= 4 is 5.91 Å². The molecule has 2 unspecified atom stereocenters. The molecule has 1 saturated heterocycles. The minimum atomic E-state index is -0.305. The number of piperidine rings is 1. The van der Waals surface area contributed by atoms with Crippen molar-refractivity contribution < 1.29 is 13.7 Å². The Kier molecular flexibility index (Phi) is 5.75. The number of nitrogens with one attached hydrogen (secondary N) is 2. The number of amides is 1. The molecule has 0 radical (unpaired) electrons. The van der Waals surface area contributed by atoms with Gasteiger partial charge in [0.15, 0.2) is 0 Å². The summed E-state index contributed by atoms with van der Waals surface area (Å²) < 4.78 is 18.1. The average molecular weight is 346 g/mol. The average Bonchev–Trinajstić information content (AvgIpc) is 3.06. The summed E-state index contributed by atoms with van der Waals surface area (Å²) in [5, 5.41) is 10.4. The SMILES string of the molecule is CC1NCCCC1NC(=O)CCCc1nc(-c2ccc(F)cc2)no1. The molecule has 0 saturated carbocycles. The van der Waals surface area contributed by atoms with Crippen molar-refractivity contribution in [1.29, 1.82) is 0 Å². The van der Waals surface area contributed by atoms with Crippen molar-refractivity contribution in [2.75, 3.05) is 6.54 Å². The van der Waals surface area contributed by atoms with Crippen LogP contribution in [0.15, 0.2) is 28.8 Å². The Bertz CT molecular complexity index is 701. The highest BCUT2D eigenvalue weighted by molar-refractivity contribution is 5.76. The van der Waals surface area contributed by atoms with Gasteiger partial charge in [0, 0.05) is 30.5 Å². The molecule has 6 nitrogen and oxygen atoms in total. The van der Waals surface area contributed by atoms with Gasteiger partial charge < -0.3 is 15.2 Å². The summed E-state index contributed by atoms with van der Waals surface area (Å²) in [7, 11) is 0. The van der Waals surface area contributed by atoms with E-state index in [9.17, 15) is 9.18 Å². The Morgan fingerprint density at radius 3 is 2.96 bits per heavy atom. The number of aryl methyl sites for hydroxylation is 1. The Labute approximate surface area is 146 Å². The van der Waals surface area contributed by atoms with Gasteiger partial charge in [-0.25, -0.2) is 4.39 Å². The van der Waals surface area contributed by atoms with Crippen LogP contribution in [-0.2, 0) is 11.2 Å². The Hall–Kier alpha value is -2.28. The van der Waals surface area contributed by atoms with Crippen LogP contribution in [0.5, 0.6) is 0 Å². The molecule has 1 fully saturated rings. The quantitative estimate of drug-likeness (QED) is 0.840. The second kappa shape index (κ2) is 8.20. The highest BCUT2D eigenvalue weighted by Gasteiger charge is 2.22. The first-order valence-corrected chi connectivity index (χ1v) is 8.73. The van der Waals surface area contributed by atoms with Crippen LogP contribution in [0.3, 0.4) is 0 Å². The highest BCUT2D eigenvalue weighted by Crippen LogP contribution is 2.17. The number of hydrogen-bond donors (Lipinski definition) is 2. The van der Waals surface area contributed by atoms with Crippen molar-refractivity contribution in [2.24, 2.45) is 0 Å². The summed E-state index contributed by atoms with van der Waals surface area (Å²) in [6.07, 6.45) is 3.72. The molecule has 2 N–H and O–H groups in total. The van der Waals surface area contributed by atoms with Gasteiger partial charge in [0.25, 0.3) is 0 Å². The van der Waals surface area contributed by atoms with E-state index >= 15 is 0 Å². The Balaban J connectivity index is 1.44. The zero-order chi connectivity index (χ0) is 17.6. The monoisotopic (exact) mass is 346 g/mol. The first kappa shape index (κ1) is 17.5. The van der Waals surface area contributed by atoms with Gasteiger partial charge in [-0.3, -0.25) is 4.79 Å². The van der Waals surface area contributed by atoms with Gasteiger partial charge in [0.1, 0.15) is 5.82 Å². The van der Waals surface area contributed by atoms with E-state index in [1.165, 1.54) is 12.1 Å². The third kappa shape index (κ3) is 4.85. The van der Waals surface area contributed by atoms with Gasteiger partial charge in [0.05, 0.1) is 0 Å². The number of nitrogens with zero attached hydrogens (tertiary/aromatic N) is 2. The normalized spacial score (nSPS) is 20.4. The molecule has 2 heterocycles. The van der Waals surface area contributed by atoms with E-state index in [4.69, 9.17) is 4.52 Å². The fourth-order valence-corrected chi connectivity index (χ4v) is 2.99. The molecule has 1 amide bonds. The smallest absolute Gasteiger partial charge is 0.226 e. The van der Waals surface area contributed by atoms with E-state index in [1.54, 1.807) is 12.1 Å². The van der Waals surface area contributed by atoms with E-state index < -0.39 is 0 Å². The molecule has 0 aliphatic carbocycles. The number of carbonyl (C=O) groups excluding carboxylic acids is 1. The number of halogens is 1. The minimum Gasteiger partial charge on any atom is -0.352 e. The molecule has 1 aromatic carbocycles.